The summed E-state index contributed by atoms with van der Waals surface area (Å²) >= 11 is 0. The van der Waals surface area contributed by atoms with E-state index < -0.39 is 0 Å². The number of rotatable bonds is 3. The van der Waals surface area contributed by atoms with E-state index in [0.29, 0.717) is 12.6 Å². The Bertz CT molecular complexity index is 401. The smallest absolute Gasteiger partial charge is 0.314 e. The van der Waals surface area contributed by atoms with E-state index in [1.807, 2.05) is 0 Å². The molecule has 2 N–H and O–H groups in total. The lowest BCUT2D eigenvalue weighted by atomic mass is 10.1. The van der Waals surface area contributed by atoms with Crippen LogP contribution in [-0.2, 0) is 6.54 Å². The highest BCUT2D eigenvalue weighted by Crippen LogP contribution is 2.08. The summed E-state index contributed by atoms with van der Waals surface area (Å²) in [6, 6.07) is 1.83. The van der Waals surface area contributed by atoms with Crippen molar-refractivity contribution >= 4 is 0 Å². The van der Waals surface area contributed by atoms with Crippen molar-refractivity contribution < 1.29 is 0 Å². The number of nitrogens with one attached hydrogen (secondary N) is 2. The molecule has 82 valence electrons. The zero-order valence-electron chi connectivity index (χ0n) is 8.53. The summed E-state index contributed by atoms with van der Waals surface area (Å²) in [6.45, 7) is 1.54. The van der Waals surface area contributed by atoms with Gasteiger partial charge in [0.1, 0.15) is 0 Å². The molecule has 0 aromatic carbocycles. The molecule has 1 aromatic rings. The normalized spacial score (nSPS) is 20.7. The van der Waals surface area contributed by atoms with Crippen LogP contribution in [0.15, 0.2) is 21.9 Å². The molecule has 5 nitrogen and oxygen atoms in total. The maximum atomic E-state index is 11.4. The van der Waals surface area contributed by atoms with Gasteiger partial charge in [-0.25, -0.2) is 4.79 Å². The fraction of sp³-hybridized carbons (Fsp3) is 0.600. The standard InChI is InChI=1S/C10H15N3O2/c14-9-3-6-12-10(15)13(9)7-4-8-2-1-5-11-8/h3,6,8,11H,1-2,4-5,7H2,(H,12,15). The average molecular weight is 209 g/mol. The fourth-order valence-electron chi connectivity index (χ4n) is 1.95. The van der Waals surface area contributed by atoms with Crippen LogP contribution in [0.25, 0.3) is 0 Å². The van der Waals surface area contributed by atoms with Crippen molar-refractivity contribution in [3.05, 3.63) is 33.1 Å². The van der Waals surface area contributed by atoms with Gasteiger partial charge in [0, 0.05) is 24.8 Å². The van der Waals surface area contributed by atoms with E-state index in [-0.39, 0.29) is 11.2 Å². The van der Waals surface area contributed by atoms with Crippen LogP contribution in [0.3, 0.4) is 0 Å². The van der Waals surface area contributed by atoms with Gasteiger partial charge in [-0.3, -0.25) is 9.36 Å². The molecular weight excluding hydrogens is 194 g/mol. The molecule has 0 radical (unpaired) electrons. The first-order chi connectivity index (χ1) is 7.27. The van der Waals surface area contributed by atoms with Crippen molar-refractivity contribution in [1.82, 2.24) is 14.9 Å². The Labute approximate surface area is 87.1 Å². The van der Waals surface area contributed by atoms with Crippen LogP contribution in [0, 0.1) is 0 Å². The topological polar surface area (TPSA) is 66.9 Å². The van der Waals surface area contributed by atoms with Crippen molar-refractivity contribution in [2.24, 2.45) is 0 Å². The van der Waals surface area contributed by atoms with Gasteiger partial charge in [0.2, 0.25) is 0 Å². The lowest BCUT2D eigenvalue weighted by Crippen LogP contribution is -2.35. The molecule has 0 spiro atoms. The molecule has 0 aliphatic carbocycles. The minimum Gasteiger partial charge on any atom is -0.314 e. The Kier molecular flexibility index (Phi) is 3.01. The van der Waals surface area contributed by atoms with Crippen LogP contribution < -0.4 is 16.6 Å². The third-order valence-corrected chi connectivity index (χ3v) is 2.81. The van der Waals surface area contributed by atoms with Gasteiger partial charge >= 0.3 is 5.69 Å². The highest BCUT2D eigenvalue weighted by molar-refractivity contribution is 4.83. The predicted molar refractivity (Wildman–Crippen MR) is 57.0 cm³/mol. The van der Waals surface area contributed by atoms with Gasteiger partial charge in [0.05, 0.1) is 0 Å². The van der Waals surface area contributed by atoms with Crippen LogP contribution in [-0.4, -0.2) is 22.1 Å². The lowest BCUT2D eigenvalue weighted by Gasteiger charge is -2.10. The third-order valence-electron chi connectivity index (χ3n) is 2.81. The summed E-state index contributed by atoms with van der Waals surface area (Å²) < 4.78 is 1.25. The highest BCUT2D eigenvalue weighted by atomic mass is 16.2. The van der Waals surface area contributed by atoms with E-state index in [2.05, 4.69) is 10.3 Å². The van der Waals surface area contributed by atoms with E-state index >= 15 is 0 Å². The predicted octanol–water partition coefficient (Wildman–Crippen LogP) is -0.321. The maximum Gasteiger partial charge on any atom is 0.328 e. The molecule has 0 bridgehead atoms. The Balaban J connectivity index is 2.04. The number of aromatic amines is 1. The van der Waals surface area contributed by atoms with Gasteiger partial charge in [-0.1, -0.05) is 0 Å². The fourth-order valence-corrected chi connectivity index (χ4v) is 1.95. The maximum absolute atomic E-state index is 11.4. The van der Waals surface area contributed by atoms with E-state index in [9.17, 15) is 9.59 Å². The van der Waals surface area contributed by atoms with E-state index in [0.717, 1.165) is 19.4 Å². The molecule has 1 aromatic heterocycles. The third kappa shape index (κ3) is 2.36. The van der Waals surface area contributed by atoms with Crippen molar-refractivity contribution in [1.29, 1.82) is 0 Å². The quantitative estimate of drug-likeness (QED) is 0.717. The van der Waals surface area contributed by atoms with Crippen molar-refractivity contribution in [2.75, 3.05) is 6.54 Å². The van der Waals surface area contributed by atoms with Crippen LogP contribution in [0.1, 0.15) is 19.3 Å². The van der Waals surface area contributed by atoms with Gasteiger partial charge in [-0.2, -0.15) is 0 Å². The monoisotopic (exact) mass is 209 g/mol. The second kappa shape index (κ2) is 4.44. The first-order valence-corrected chi connectivity index (χ1v) is 5.29. The highest BCUT2D eigenvalue weighted by Gasteiger charge is 2.14. The average Bonchev–Trinajstić information content (AvgIpc) is 2.70. The van der Waals surface area contributed by atoms with Gasteiger partial charge in [0.25, 0.3) is 5.56 Å². The molecule has 1 aliphatic heterocycles. The Morgan fingerprint density at radius 3 is 3.00 bits per heavy atom. The minimum atomic E-state index is -0.319. The van der Waals surface area contributed by atoms with Crippen LogP contribution in [0.5, 0.6) is 0 Å². The van der Waals surface area contributed by atoms with Gasteiger partial charge < -0.3 is 10.3 Å². The summed E-state index contributed by atoms with van der Waals surface area (Å²) in [5.74, 6) is 0. The second-order valence-electron chi connectivity index (χ2n) is 3.85. The lowest BCUT2D eigenvalue weighted by molar-refractivity contribution is 0.487. The van der Waals surface area contributed by atoms with Crippen LogP contribution in [0.4, 0.5) is 0 Å². The Morgan fingerprint density at radius 2 is 2.33 bits per heavy atom. The first-order valence-electron chi connectivity index (χ1n) is 5.29. The number of hydrogen-bond donors (Lipinski definition) is 2. The summed E-state index contributed by atoms with van der Waals surface area (Å²) in [4.78, 5) is 25.2. The van der Waals surface area contributed by atoms with Crippen LogP contribution in [0.2, 0.25) is 0 Å². The van der Waals surface area contributed by atoms with Crippen molar-refractivity contribution in [3.8, 4) is 0 Å². The molecular formula is C10H15N3O2. The number of aromatic nitrogens is 2. The van der Waals surface area contributed by atoms with Gasteiger partial charge in [-0.15, -0.1) is 0 Å². The molecule has 5 heteroatoms. The summed E-state index contributed by atoms with van der Waals surface area (Å²) in [5.41, 5.74) is -0.544. The molecule has 2 rings (SSSR count). The SMILES string of the molecule is O=c1cc[nH]c(=O)n1CCC1CCCN1. The van der Waals surface area contributed by atoms with E-state index in [1.165, 1.54) is 23.3 Å². The van der Waals surface area contributed by atoms with E-state index in [1.54, 1.807) is 0 Å². The van der Waals surface area contributed by atoms with E-state index in [4.69, 9.17) is 0 Å². The summed E-state index contributed by atoms with van der Waals surface area (Å²) in [6.07, 6.45) is 4.55. The van der Waals surface area contributed by atoms with Gasteiger partial charge in [0.15, 0.2) is 0 Å². The largest absolute Gasteiger partial charge is 0.328 e. The zero-order chi connectivity index (χ0) is 10.7. The molecule has 0 amide bonds. The van der Waals surface area contributed by atoms with Crippen molar-refractivity contribution in [3.63, 3.8) is 0 Å². The molecule has 0 saturated carbocycles. The molecule has 1 aliphatic rings. The van der Waals surface area contributed by atoms with Crippen LogP contribution >= 0.6 is 0 Å². The molecule has 1 unspecified atom stereocenters. The molecule has 2 heterocycles. The summed E-state index contributed by atoms with van der Waals surface area (Å²) in [5, 5.41) is 3.34. The summed E-state index contributed by atoms with van der Waals surface area (Å²) in [7, 11) is 0. The molecule has 1 atom stereocenters. The molecule has 1 fully saturated rings. The Hall–Kier alpha value is -1.36. The number of H-pyrrole nitrogens is 1. The first kappa shape index (κ1) is 10.2. The molecule has 1 saturated heterocycles. The number of nitrogens with zero attached hydrogens (tertiary/aromatic N) is 1. The zero-order valence-corrected chi connectivity index (χ0v) is 8.53. The minimum absolute atomic E-state index is 0.225. The Morgan fingerprint density at radius 1 is 1.47 bits per heavy atom. The van der Waals surface area contributed by atoms with Crippen molar-refractivity contribution in [2.45, 2.75) is 31.8 Å². The molecule has 15 heavy (non-hydrogen) atoms. The number of hydrogen-bond acceptors (Lipinski definition) is 3. The second-order valence-corrected chi connectivity index (χ2v) is 3.85. The van der Waals surface area contributed by atoms with Gasteiger partial charge in [-0.05, 0) is 25.8 Å².